The zero-order valence-electron chi connectivity index (χ0n) is 17.1. The first-order valence-corrected chi connectivity index (χ1v) is 10.3. The summed E-state index contributed by atoms with van der Waals surface area (Å²) in [6.07, 6.45) is 6.16. The van der Waals surface area contributed by atoms with Crippen LogP contribution in [-0.2, 0) is 30.5 Å². The van der Waals surface area contributed by atoms with Crippen LogP contribution in [0.3, 0.4) is 0 Å². The van der Waals surface area contributed by atoms with E-state index in [9.17, 15) is 24.0 Å². The summed E-state index contributed by atoms with van der Waals surface area (Å²) in [5.74, 6) is -1.81. The molecule has 3 amide bonds. The number of rotatable bonds is 6. The number of carbonyl (C=O) groups is 4. The molecule has 12 heteroatoms. The van der Waals surface area contributed by atoms with Crippen molar-refractivity contribution in [1.82, 2.24) is 24.4 Å². The second-order valence-electron chi connectivity index (χ2n) is 8.19. The Morgan fingerprint density at radius 2 is 1.88 bits per heavy atom. The lowest BCUT2D eigenvalue weighted by Crippen LogP contribution is -2.36. The van der Waals surface area contributed by atoms with Gasteiger partial charge in [0.25, 0.3) is 5.56 Å². The van der Waals surface area contributed by atoms with E-state index in [1.807, 2.05) is 12.2 Å². The second-order valence-corrected chi connectivity index (χ2v) is 8.19. The van der Waals surface area contributed by atoms with Gasteiger partial charge in [-0.15, -0.1) is 0 Å². The maximum Gasteiger partial charge on any atom is 0.326 e. The van der Waals surface area contributed by atoms with Crippen LogP contribution in [0, 0.1) is 23.7 Å². The number of imide groups is 1. The number of hydrogen-bond acceptors (Lipinski definition) is 8. The number of esters is 1. The molecule has 5 rings (SSSR count). The average molecular weight is 440 g/mol. The normalized spacial score (nSPS) is 25.6. The van der Waals surface area contributed by atoms with E-state index in [1.54, 1.807) is 0 Å². The number of H-pyrrole nitrogens is 1. The molecule has 2 aromatic rings. The van der Waals surface area contributed by atoms with Gasteiger partial charge in [-0.05, 0) is 18.3 Å². The van der Waals surface area contributed by atoms with E-state index >= 15 is 0 Å². The Bertz CT molecular complexity index is 1210. The number of allylic oxidation sites excluding steroid dienone is 2. The summed E-state index contributed by atoms with van der Waals surface area (Å²) in [6, 6.07) is 0. The highest BCUT2D eigenvalue weighted by molar-refractivity contribution is 6.06. The van der Waals surface area contributed by atoms with Gasteiger partial charge in [-0.3, -0.25) is 39.2 Å². The lowest BCUT2D eigenvalue weighted by Gasteiger charge is -2.17. The molecule has 166 valence electrons. The number of nitrogens with zero attached hydrogens (tertiary/aromatic N) is 4. The number of imidazole rings is 1. The van der Waals surface area contributed by atoms with Crippen LogP contribution in [0.1, 0.15) is 13.3 Å². The number of amides is 3. The fourth-order valence-corrected chi connectivity index (χ4v) is 4.95. The van der Waals surface area contributed by atoms with Crippen LogP contribution in [0.25, 0.3) is 11.2 Å². The summed E-state index contributed by atoms with van der Waals surface area (Å²) < 4.78 is 6.47. The number of anilines is 1. The zero-order chi connectivity index (χ0) is 22.6. The van der Waals surface area contributed by atoms with Gasteiger partial charge in [-0.1, -0.05) is 12.2 Å². The van der Waals surface area contributed by atoms with Crippen molar-refractivity contribution in [2.45, 2.75) is 19.9 Å². The molecule has 3 heterocycles. The van der Waals surface area contributed by atoms with Crippen LogP contribution >= 0.6 is 0 Å². The predicted octanol–water partition coefficient (Wildman–Crippen LogP) is -0.572. The maximum atomic E-state index is 12.6. The summed E-state index contributed by atoms with van der Waals surface area (Å²) in [6.45, 7) is 0.840. The number of aromatic nitrogens is 4. The quantitative estimate of drug-likeness (QED) is 0.343. The number of nitrogens with one attached hydrogen (secondary N) is 2. The minimum absolute atomic E-state index is 0.00272. The maximum absolute atomic E-state index is 12.6. The Morgan fingerprint density at radius 1 is 1.19 bits per heavy atom. The molecule has 32 heavy (non-hydrogen) atoms. The molecule has 1 saturated carbocycles. The molecule has 4 atom stereocenters. The summed E-state index contributed by atoms with van der Waals surface area (Å²) in [7, 11) is 0. The van der Waals surface area contributed by atoms with Crippen molar-refractivity contribution < 1.29 is 23.9 Å². The Morgan fingerprint density at radius 3 is 2.53 bits per heavy atom. The molecule has 0 radical (unpaired) electrons. The number of hydrogen-bond donors (Lipinski definition) is 2. The van der Waals surface area contributed by atoms with E-state index in [0.29, 0.717) is 0 Å². The van der Waals surface area contributed by atoms with Gasteiger partial charge in [-0.25, -0.2) is 4.98 Å². The van der Waals surface area contributed by atoms with Crippen molar-refractivity contribution in [1.29, 1.82) is 0 Å². The Balaban J connectivity index is 1.19. The highest BCUT2D eigenvalue weighted by Gasteiger charge is 2.59. The lowest BCUT2D eigenvalue weighted by atomic mass is 9.85. The van der Waals surface area contributed by atoms with Crippen molar-refractivity contribution in [3.8, 4) is 0 Å². The van der Waals surface area contributed by atoms with Crippen molar-refractivity contribution in [3.05, 3.63) is 28.8 Å². The van der Waals surface area contributed by atoms with Gasteiger partial charge >= 0.3 is 5.97 Å². The monoisotopic (exact) mass is 440 g/mol. The summed E-state index contributed by atoms with van der Waals surface area (Å²) in [5, 5.41) is 2.36. The van der Waals surface area contributed by atoms with Crippen molar-refractivity contribution in [3.63, 3.8) is 0 Å². The molecular formula is C20H20N6O6. The smallest absolute Gasteiger partial charge is 0.326 e. The van der Waals surface area contributed by atoms with Gasteiger partial charge in [0.05, 0.1) is 24.7 Å². The van der Waals surface area contributed by atoms with Crippen LogP contribution in [0.2, 0.25) is 0 Å². The molecule has 0 aromatic carbocycles. The number of likely N-dealkylation sites (tertiary alicyclic amines) is 1. The van der Waals surface area contributed by atoms with E-state index in [4.69, 9.17) is 4.74 Å². The third-order valence-electron chi connectivity index (χ3n) is 6.22. The van der Waals surface area contributed by atoms with Gasteiger partial charge in [-0.2, -0.15) is 4.98 Å². The van der Waals surface area contributed by atoms with E-state index in [-0.39, 0.29) is 72.3 Å². The van der Waals surface area contributed by atoms with Crippen molar-refractivity contribution >= 4 is 40.8 Å². The third kappa shape index (κ3) is 3.18. The molecule has 2 aromatic heterocycles. The minimum atomic E-state index is -0.657. The van der Waals surface area contributed by atoms with Crippen LogP contribution in [0.5, 0.6) is 0 Å². The number of ether oxygens (including phenoxy) is 1. The van der Waals surface area contributed by atoms with E-state index in [1.165, 1.54) is 22.7 Å². The summed E-state index contributed by atoms with van der Waals surface area (Å²) in [4.78, 5) is 72.6. The molecule has 2 aliphatic carbocycles. The number of fused-ring (bicyclic) bond motifs is 6. The molecule has 2 bridgehead atoms. The highest BCUT2D eigenvalue weighted by Crippen LogP contribution is 2.52. The SMILES string of the molecule is CC(=O)Nc1nc2ncn(CC(=O)OCCN3C(=O)[C@@H]4[C@H](C3=O)[C@H]3C=C[C@@H]4C3)c2c(=O)[nH]1. The first kappa shape index (κ1) is 20.1. The van der Waals surface area contributed by atoms with E-state index in [0.717, 1.165) is 6.42 Å². The predicted molar refractivity (Wildman–Crippen MR) is 108 cm³/mol. The number of aromatic amines is 1. The first-order chi connectivity index (χ1) is 15.3. The molecule has 0 spiro atoms. The van der Waals surface area contributed by atoms with Gasteiger partial charge in [0.2, 0.25) is 23.7 Å². The Labute approximate surface area is 180 Å². The third-order valence-corrected chi connectivity index (χ3v) is 6.22. The molecule has 12 nitrogen and oxygen atoms in total. The average Bonchev–Trinajstić information content (AvgIpc) is 3.48. The van der Waals surface area contributed by atoms with E-state index < -0.39 is 17.4 Å². The van der Waals surface area contributed by atoms with Gasteiger partial charge < -0.3 is 9.30 Å². The van der Waals surface area contributed by atoms with E-state index in [2.05, 4.69) is 20.3 Å². The Hall–Kier alpha value is -3.83. The first-order valence-electron chi connectivity index (χ1n) is 10.3. The zero-order valence-corrected chi connectivity index (χ0v) is 17.1. The fraction of sp³-hybridized carbons (Fsp3) is 0.450. The summed E-state index contributed by atoms with van der Waals surface area (Å²) in [5.41, 5.74) is -0.461. The molecule has 1 aliphatic heterocycles. The van der Waals surface area contributed by atoms with Crippen LogP contribution in [0.4, 0.5) is 5.95 Å². The molecule has 2 fully saturated rings. The van der Waals surface area contributed by atoms with Crippen molar-refractivity contribution in [2.75, 3.05) is 18.5 Å². The van der Waals surface area contributed by atoms with Crippen LogP contribution in [-0.4, -0.2) is 61.3 Å². The molecule has 3 aliphatic rings. The molecule has 2 N–H and O–H groups in total. The molecule has 1 saturated heterocycles. The van der Waals surface area contributed by atoms with Crippen LogP contribution in [0.15, 0.2) is 23.3 Å². The highest BCUT2D eigenvalue weighted by atomic mass is 16.5. The van der Waals surface area contributed by atoms with Gasteiger partial charge in [0.15, 0.2) is 11.2 Å². The number of carbonyl (C=O) groups excluding carboxylic acids is 4. The largest absolute Gasteiger partial charge is 0.462 e. The topological polar surface area (TPSA) is 156 Å². The van der Waals surface area contributed by atoms with Gasteiger partial charge in [0, 0.05) is 6.92 Å². The molecular weight excluding hydrogens is 420 g/mol. The molecule has 0 unspecified atom stereocenters. The second kappa shape index (κ2) is 7.39. The lowest BCUT2D eigenvalue weighted by molar-refractivity contribution is -0.149. The standard InChI is InChI=1S/C20H20N6O6/c1-9(27)22-20-23-16-15(17(29)24-20)25(8-21-16)7-12(28)32-5-4-26-18(30)13-10-2-3-11(6-10)14(13)19(26)31/h2-3,8,10-11,13-14H,4-7H2,1H3,(H2,22,23,24,27,29)/t10-,11+,13+,14-. The minimum Gasteiger partial charge on any atom is -0.462 e. The van der Waals surface area contributed by atoms with Gasteiger partial charge in [0.1, 0.15) is 13.2 Å². The van der Waals surface area contributed by atoms with Crippen molar-refractivity contribution in [2.24, 2.45) is 23.7 Å². The Kier molecular flexibility index (Phi) is 4.64. The fourth-order valence-electron chi connectivity index (χ4n) is 4.95. The summed E-state index contributed by atoms with van der Waals surface area (Å²) >= 11 is 0. The van der Waals surface area contributed by atoms with Crippen LogP contribution < -0.4 is 10.9 Å².